The van der Waals surface area contributed by atoms with E-state index in [0.29, 0.717) is 5.54 Å². The summed E-state index contributed by atoms with van der Waals surface area (Å²) >= 11 is 11.9. The molecule has 1 aliphatic rings. The minimum absolute atomic E-state index is 0.574. The van der Waals surface area contributed by atoms with Gasteiger partial charge < -0.3 is 0 Å². The lowest BCUT2D eigenvalue weighted by Gasteiger charge is -2.21. The molecule has 0 aliphatic heterocycles. The summed E-state index contributed by atoms with van der Waals surface area (Å²) in [6.07, 6.45) is 9.61. The molecule has 0 aromatic carbocycles. The van der Waals surface area contributed by atoms with E-state index >= 15 is 0 Å². The second-order valence-corrected chi connectivity index (χ2v) is 9.00. The van der Waals surface area contributed by atoms with E-state index in [1.807, 2.05) is 0 Å². The van der Waals surface area contributed by atoms with E-state index in [1.54, 1.807) is 0 Å². The lowest BCUT2D eigenvalue weighted by atomic mass is 9.90. The zero-order valence-electron chi connectivity index (χ0n) is 7.47. The minimum atomic E-state index is -1.42. The maximum atomic E-state index is 5.93. The van der Waals surface area contributed by atoms with Crippen LogP contribution in [0.2, 0.25) is 5.54 Å². The third-order valence-electron chi connectivity index (χ3n) is 2.51. The van der Waals surface area contributed by atoms with Gasteiger partial charge in [0.25, 0.3) is 0 Å². The Morgan fingerprint density at radius 3 is 2.75 bits per heavy atom. The summed E-state index contributed by atoms with van der Waals surface area (Å²) in [4.78, 5) is 0. The zero-order chi connectivity index (χ0) is 8.97. The van der Waals surface area contributed by atoms with E-state index in [4.69, 9.17) is 22.2 Å². The Kier molecular flexibility index (Phi) is 4.69. The Balaban J connectivity index is 2.25. The van der Waals surface area contributed by atoms with Gasteiger partial charge in [0.1, 0.15) is 0 Å². The van der Waals surface area contributed by atoms with Crippen LogP contribution in [0.1, 0.15) is 32.6 Å². The predicted molar refractivity (Wildman–Crippen MR) is 59.4 cm³/mol. The lowest BCUT2D eigenvalue weighted by molar-refractivity contribution is 0.440. The molecule has 1 rings (SSSR count). The monoisotopic (exact) mass is 222 g/mol. The van der Waals surface area contributed by atoms with Crippen molar-refractivity contribution < 1.29 is 0 Å². The molecule has 0 saturated carbocycles. The number of hydrogen-bond donors (Lipinski definition) is 0. The molecule has 0 saturated heterocycles. The third-order valence-corrected chi connectivity index (χ3v) is 6.23. The molecule has 70 valence electrons. The van der Waals surface area contributed by atoms with Gasteiger partial charge in [0.05, 0.1) is 0 Å². The molecule has 3 heteroatoms. The number of halogens is 2. The molecule has 0 radical (unpaired) electrons. The van der Waals surface area contributed by atoms with E-state index < -0.39 is 7.42 Å². The van der Waals surface area contributed by atoms with E-state index in [9.17, 15) is 0 Å². The van der Waals surface area contributed by atoms with Crippen molar-refractivity contribution in [2.45, 2.75) is 38.1 Å². The predicted octanol–water partition coefficient (Wildman–Crippen LogP) is 3.82. The highest BCUT2D eigenvalue weighted by Crippen LogP contribution is 2.31. The smallest absolute Gasteiger partial charge is 0.150 e. The van der Waals surface area contributed by atoms with Gasteiger partial charge in [-0.2, -0.15) is 22.2 Å². The van der Waals surface area contributed by atoms with Crippen LogP contribution in [-0.2, 0) is 0 Å². The SMILES string of the molecule is CC(CC1CC=CCC1)[SiH](Cl)Cl. The molecule has 0 amide bonds. The van der Waals surface area contributed by atoms with E-state index in [2.05, 4.69) is 19.1 Å². The largest absolute Gasteiger partial charge is 0.239 e. The molecule has 0 nitrogen and oxygen atoms in total. The molecule has 0 N–H and O–H groups in total. The number of rotatable bonds is 3. The van der Waals surface area contributed by atoms with Crippen molar-refractivity contribution >= 4 is 29.6 Å². The van der Waals surface area contributed by atoms with Crippen LogP contribution in [0.4, 0.5) is 0 Å². The van der Waals surface area contributed by atoms with Crippen LogP contribution >= 0.6 is 22.2 Å². The molecular formula is C9H16Cl2Si. The van der Waals surface area contributed by atoms with Gasteiger partial charge in [-0.25, -0.2) is 0 Å². The van der Waals surface area contributed by atoms with Gasteiger partial charge in [0.15, 0.2) is 0 Å². The Morgan fingerprint density at radius 1 is 1.50 bits per heavy atom. The van der Waals surface area contributed by atoms with E-state index in [-0.39, 0.29) is 0 Å². The Hall–Kier alpha value is 0.537. The summed E-state index contributed by atoms with van der Waals surface area (Å²) in [5.74, 6) is 0.845. The van der Waals surface area contributed by atoms with Crippen LogP contribution in [0.15, 0.2) is 12.2 Å². The first kappa shape index (κ1) is 10.6. The first-order valence-corrected chi connectivity index (χ1v) is 8.79. The summed E-state index contributed by atoms with van der Waals surface area (Å²) in [6, 6.07) is 0. The highest BCUT2D eigenvalue weighted by atomic mass is 35.7. The standard InChI is InChI=1S/C9H16Cl2Si/c1-8(12(10)11)7-9-5-3-2-4-6-9/h2-3,8-9,12H,4-7H2,1H3. The molecule has 0 bridgehead atoms. The Bertz CT molecular complexity index is 157. The quantitative estimate of drug-likeness (QED) is 0.387. The molecule has 0 spiro atoms. The van der Waals surface area contributed by atoms with Crippen LogP contribution < -0.4 is 0 Å². The van der Waals surface area contributed by atoms with Gasteiger partial charge in [0, 0.05) is 0 Å². The fourth-order valence-corrected chi connectivity index (χ4v) is 2.91. The molecule has 12 heavy (non-hydrogen) atoms. The maximum absolute atomic E-state index is 5.93. The fourth-order valence-electron chi connectivity index (χ4n) is 1.70. The molecule has 0 aromatic heterocycles. The highest BCUT2D eigenvalue weighted by Gasteiger charge is 2.19. The van der Waals surface area contributed by atoms with Crippen molar-refractivity contribution in [3.63, 3.8) is 0 Å². The van der Waals surface area contributed by atoms with Crippen molar-refractivity contribution in [3.8, 4) is 0 Å². The van der Waals surface area contributed by atoms with Crippen LogP contribution in [0, 0.1) is 5.92 Å². The van der Waals surface area contributed by atoms with Crippen molar-refractivity contribution in [2.24, 2.45) is 5.92 Å². The van der Waals surface area contributed by atoms with Crippen LogP contribution in [0.25, 0.3) is 0 Å². The van der Waals surface area contributed by atoms with Crippen LogP contribution in [0.5, 0.6) is 0 Å². The van der Waals surface area contributed by atoms with Crippen LogP contribution in [0.3, 0.4) is 0 Å². The van der Waals surface area contributed by atoms with Crippen LogP contribution in [-0.4, -0.2) is 7.42 Å². The molecular weight excluding hydrogens is 207 g/mol. The molecule has 1 aliphatic carbocycles. The zero-order valence-corrected chi connectivity index (χ0v) is 10.1. The van der Waals surface area contributed by atoms with Gasteiger partial charge in [-0.15, -0.1) is 0 Å². The summed E-state index contributed by atoms with van der Waals surface area (Å²) < 4.78 is 0. The first-order chi connectivity index (χ1) is 5.70. The van der Waals surface area contributed by atoms with Crippen molar-refractivity contribution in [2.75, 3.05) is 0 Å². The van der Waals surface area contributed by atoms with Crippen molar-refractivity contribution in [3.05, 3.63) is 12.2 Å². The highest BCUT2D eigenvalue weighted by molar-refractivity contribution is 7.34. The Morgan fingerprint density at radius 2 is 2.25 bits per heavy atom. The summed E-state index contributed by atoms with van der Waals surface area (Å²) in [6.45, 7) is 2.19. The van der Waals surface area contributed by atoms with Gasteiger partial charge in [-0.3, -0.25) is 0 Å². The summed E-state index contributed by atoms with van der Waals surface area (Å²) in [7, 11) is -1.42. The lowest BCUT2D eigenvalue weighted by Crippen LogP contribution is -2.11. The molecule has 2 atom stereocenters. The average molecular weight is 223 g/mol. The van der Waals surface area contributed by atoms with Gasteiger partial charge in [-0.1, -0.05) is 19.1 Å². The third kappa shape index (κ3) is 3.50. The first-order valence-electron chi connectivity index (χ1n) is 4.63. The summed E-state index contributed by atoms with van der Waals surface area (Å²) in [5.41, 5.74) is 0.574. The van der Waals surface area contributed by atoms with Gasteiger partial charge in [0.2, 0.25) is 7.42 Å². The fraction of sp³-hybridized carbons (Fsp3) is 0.778. The van der Waals surface area contributed by atoms with E-state index in [0.717, 1.165) is 5.92 Å². The molecule has 0 aromatic rings. The maximum Gasteiger partial charge on any atom is 0.239 e. The van der Waals surface area contributed by atoms with E-state index in [1.165, 1.54) is 25.7 Å². The minimum Gasteiger partial charge on any atom is -0.150 e. The number of hydrogen-bond acceptors (Lipinski definition) is 0. The second-order valence-electron chi connectivity index (χ2n) is 3.70. The van der Waals surface area contributed by atoms with Gasteiger partial charge >= 0.3 is 0 Å². The molecule has 2 unspecified atom stereocenters. The molecule has 0 fully saturated rings. The summed E-state index contributed by atoms with van der Waals surface area (Å²) in [5, 5.41) is 0. The molecule has 0 heterocycles. The second kappa shape index (κ2) is 5.31. The topological polar surface area (TPSA) is 0 Å². The van der Waals surface area contributed by atoms with Crippen molar-refractivity contribution in [1.82, 2.24) is 0 Å². The average Bonchev–Trinajstić information content (AvgIpc) is 2.06. The normalized spacial score (nSPS) is 26.2. The number of allylic oxidation sites excluding steroid dienone is 2. The Labute approximate surface area is 86.0 Å². The van der Waals surface area contributed by atoms with Crippen molar-refractivity contribution in [1.29, 1.82) is 0 Å². The van der Waals surface area contributed by atoms with Gasteiger partial charge in [-0.05, 0) is 37.1 Å².